The summed E-state index contributed by atoms with van der Waals surface area (Å²) in [6.45, 7) is 1.45. The van der Waals surface area contributed by atoms with Gasteiger partial charge < -0.3 is 14.5 Å². The molecular formula is C17H19ClFN5O. The van der Waals surface area contributed by atoms with Gasteiger partial charge in [0.2, 0.25) is 5.88 Å². The number of pyridine rings is 1. The zero-order valence-corrected chi connectivity index (χ0v) is 14.7. The number of rotatable bonds is 5. The molecule has 1 saturated carbocycles. The summed E-state index contributed by atoms with van der Waals surface area (Å²) >= 11 is 5.81. The number of methoxy groups -OCH3 is 1. The number of anilines is 2. The molecule has 0 radical (unpaired) electrons. The molecule has 4 rings (SSSR count). The van der Waals surface area contributed by atoms with E-state index in [1.807, 2.05) is 11.0 Å². The SMILES string of the molecule is COc1cc(N(C2CC2)C2CCN(c3ncc(Cl)cc3F)C2)ncn1. The summed E-state index contributed by atoms with van der Waals surface area (Å²) in [6.07, 6.45) is 6.23. The fourth-order valence-electron chi connectivity index (χ4n) is 3.41. The van der Waals surface area contributed by atoms with E-state index in [1.165, 1.54) is 18.6 Å². The number of halogens is 2. The van der Waals surface area contributed by atoms with Gasteiger partial charge in [-0.3, -0.25) is 0 Å². The molecule has 2 fully saturated rings. The van der Waals surface area contributed by atoms with Crippen LogP contribution in [0.15, 0.2) is 24.7 Å². The smallest absolute Gasteiger partial charge is 0.218 e. The van der Waals surface area contributed by atoms with Crippen molar-refractivity contribution >= 4 is 23.2 Å². The van der Waals surface area contributed by atoms with Gasteiger partial charge in [-0.05, 0) is 25.3 Å². The maximum Gasteiger partial charge on any atom is 0.218 e. The van der Waals surface area contributed by atoms with E-state index in [0.717, 1.165) is 31.6 Å². The molecule has 0 spiro atoms. The molecule has 1 saturated heterocycles. The monoisotopic (exact) mass is 363 g/mol. The normalized spacial score (nSPS) is 20.0. The average molecular weight is 364 g/mol. The van der Waals surface area contributed by atoms with E-state index < -0.39 is 0 Å². The first-order valence-corrected chi connectivity index (χ1v) is 8.74. The van der Waals surface area contributed by atoms with Crippen LogP contribution in [0.4, 0.5) is 16.0 Å². The van der Waals surface area contributed by atoms with Crippen LogP contribution in [0, 0.1) is 5.82 Å². The van der Waals surface area contributed by atoms with Crippen LogP contribution in [-0.2, 0) is 0 Å². The molecule has 132 valence electrons. The van der Waals surface area contributed by atoms with Gasteiger partial charge in [-0.2, -0.15) is 0 Å². The second-order valence-electron chi connectivity index (χ2n) is 6.40. The quantitative estimate of drug-likeness (QED) is 0.814. The van der Waals surface area contributed by atoms with E-state index in [2.05, 4.69) is 19.9 Å². The molecule has 0 N–H and O–H groups in total. The van der Waals surface area contributed by atoms with Gasteiger partial charge in [0, 0.05) is 37.4 Å². The van der Waals surface area contributed by atoms with E-state index in [-0.39, 0.29) is 11.9 Å². The topological polar surface area (TPSA) is 54.4 Å². The Morgan fingerprint density at radius 1 is 1.20 bits per heavy atom. The summed E-state index contributed by atoms with van der Waals surface area (Å²) in [6, 6.07) is 3.91. The third-order valence-electron chi connectivity index (χ3n) is 4.69. The molecule has 25 heavy (non-hydrogen) atoms. The highest BCUT2D eigenvalue weighted by Gasteiger charge is 2.39. The first kappa shape index (κ1) is 16.3. The lowest BCUT2D eigenvalue weighted by Crippen LogP contribution is -2.40. The lowest BCUT2D eigenvalue weighted by molar-refractivity contribution is 0.396. The van der Waals surface area contributed by atoms with Gasteiger partial charge in [0.1, 0.15) is 12.1 Å². The minimum absolute atomic E-state index is 0.254. The van der Waals surface area contributed by atoms with Crippen molar-refractivity contribution in [3.63, 3.8) is 0 Å². The number of nitrogens with zero attached hydrogens (tertiary/aromatic N) is 5. The van der Waals surface area contributed by atoms with Gasteiger partial charge in [0.25, 0.3) is 0 Å². The van der Waals surface area contributed by atoms with Crippen molar-refractivity contribution in [2.45, 2.75) is 31.3 Å². The molecule has 0 amide bonds. The number of hydrogen-bond donors (Lipinski definition) is 0. The van der Waals surface area contributed by atoms with Crippen molar-refractivity contribution in [1.29, 1.82) is 0 Å². The van der Waals surface area contributed by atoms with E-state index in [4.69, 9.17) is 16.3 Å². The summed E-state index contributed by atoms with van der Waals surface area (Å²) in [5.74, 6) is 1.40. The van der Waals surface area contributed by atoms with Crippen LogP contribution in [-0.4, -0.2) is 47.2 Å². The van der Waals surface area contributed by atoms with Gasteiger partial charge in [0.15, 0.2) is 11.6 Å². The summed E-state index contributed by atoms with van der Waals surface area (Å²) in [4.78, 5) is 17.0. The Morgan fingerprint density at radius 2 is 2.04 bits per heavy atom. The summed E-state index contributed by atoms with van der Waals surface area (Å²) in [5, 5.41) is 0.310. The maximum atomic E-state index is 14.2. The lowest BCUT2D eigenvalue weighted by atomic mass is 10.2. The Hall–Kier alpha value is -2.15. The third-order valence-corrected chi connectivity index (χ3v) is 4.89. The van der Waals surface area contributed by atoms with Crippen molar-refractivity contribution in [2.75, 3.05) is 30.0 Å². The summed E-state index contributed by atoms with van der Waals surface area (Å²) in [5.41, 5.74) is 0. The van der Waals surface area contributed by atoms with Crippen molar-refractivity contribution in [3.8, 4) is 5.88 Å². The minimum Gasteiger partial charge on any atom is -0.481 e. The molecule has 6 nitrogen and oxygen atoms in total. The zero-order chi connectivity index (χ0) is 17.4. The second-order valence-corrected chi connectivity index (χ2v) is 6.84. The highest BCUT2D eigenvalue weighted by Crippen LogP contribution is 2.36. The van der Waals surface area contributed by atoms with Crippen LogP contribution >= 0.6 is 11.6 Å². The molecule has 0 aromatic carbocycles. The van der Waals surface area contributed by atoms with Gasteiger partial charge in [-0.25, -0.2) is 19.3 Å². The number of hydrogen-bond acceptors (Lipinski definition) is 6. The largest absolute Gasteiger partial charge is 0.481 e. The van der Waals surface area contributed by atoms with Gasteiger partial charge in [0.05, 0.1) is 12.1 Å². The molecule has 1 aliphatic heterocycles. The zero-order valence-electron chi connectivity index (χ0n) is 13.9. The maximum absolute atomic E-state index is 14.2. The van der Waals surface area contributed by atoms with Crippen LogP contribution in [0.1, 0.15) is 19.3 Å². The Kier molecular flexibility index (Phi) is 4.33. The standard InChI is InChI=1S/C17H19ClFN5O/c1-25-16-7-15(21-10-22-16)24(12-2-3-12)13-4-5-23(9-13)17-14(19)6-11(18)8-20-17/h6-8,10,12-13H,2-5,9H2,1H3. The highest BCUT2D eigenvalue weighted by atomic mass is 35.5. The average Bonchev–Trinajstić information content (AvgIpc) is 3.33. The van der Waals surface area contributed by atoms with Crippen LogP contribution in [0.3, 0.4) is 0 Å². The molecule has 1 unspecified atom stereocenters. The van der Waals surface area contributed by atoms with Gasteiger partial charge in [-0.15, -0.1) is 0 Å². The molecule has 8 heteroatoms. The summed E-state index contributed by atoms with van der Waals surface area (Å²) < 4.78 is 19.4. The first-order valence-electron chi connectivity index (χ1n) is 8.36. The van der Waals surface area contributed by atoms with Crippen molar-refractivity contribution < 1.29 is 9.13 Å². The van der Waals surface area contributed by atoms with E-state index in [0.29, 0.717) is 29.3 Å². The van der Waals surface area contributed by atoms with Crippen LogP contribution < -0.4 is 14.5 Å². The number of aromatic nitrogens is 3. The predicted octanol–water partition coefficient (Wildman–Crippen LogP) is 2.92. The molecular weight excluding hydrogens is 345 g/mol. The van der Waals surface area contributed by atoms with Crippen LogP contribution in [0.2, 0.25) is 5.02 Å². The third kappa shape index (κ3) is 3.33. The molecule has 2 aromatic heterocycles. The number of ether oxygens (including phenoxy) is 1. The van der Waals surface area contributed by atoms with Crippen LogP contribution in [0.5, 0.6) is 5.88 Å². The Morgan fingerprint density at radius 3 is 2.76 bits per heavy atom. The van der Waals surface area contributed by atoms with Crippen LogP contribution in [0.25, 0.3) is 0 Å². The van der Waals surface area contributed by atoms with Crippen molar-refractivity contribution in [2.24, 2.45) is 0 Å². The fourth-order valence-corrected chi connectivity index (χ4v) is 3.55. The molecule has 1 atom stereocenters. The lowest BCUT2D eigenvalue weighted by Gasteiger charge is -2.30. The highest BCUT2D eigenvalue weighted by molar-refractivity contribution is 6.30. The summed E-state index contributed by atoms with van der Waals surface area (Å²) in [7, 11) is 1.60. The molecule has 1 aliphatic carbocycles. The van der Waals surface area contributed by atoms with E-state index in [1.54, 1.807) is 7.11 Å². The molecule has 3 heterocycles. The van der Waals surface area contributed by atoms with Crippen molar-refractivity contribution in [1.82, 2.24) is 15.0 Å². The molecule has 0 bridgehead atoms. The van der Waals surface area contributed by atoms with E-state index in [9.17, 15) is 4.39 Å². The minimum atomic E-state index is -0.380. The molecule has 2 aliphatic rings. The first-order chi connectivity index (χ1) is 12.2. The van der Waals surface area contributed by atoms with E-state index >= 15 is 0 Å². The second kappa shape index (κ2) is 6.63. The Balaban J connectivity index is 1.56. The Labute approximate surface area is 150 Å². The van der Waals surface area contributed by atoms with Gasteiger partial charge >= 0.3 is 0 Å². The van der Waals surface area contributed by atoms with Crippen molar-refractivity contribution in [3.05, 3.63) is 35.5 Å². The predicted molar refractivity (Wildman–Crippen MR) is 93.9 cm³/mol. The fraction of sp³-hybridized carbons (Fsp3) is 0.471. The molecule has 2 aromatic rings. The Bertz CT molecular complexity index is 772. The van der Waals surface area contributed by atoms with Gasteiger partial charge in [-0.1, -0.05) is 11.6 Å².